The van der Waals surface area contributed by atoms with Crippen molar-refractivity contribution >= 4 is 12.4 Å². The standard InChI is InChI=1S/C13H22N2O/c1-6-13(9-11(2)3)14-10-12(4)7-8-15-16-5/h7-11H,6H2,1-5H3/b12-7+,13-9-,14-10-,15-8+. The Morgan fingerprint density at radius 3 is 2.56 bits per heavy atom. The molecular weight excluding hydrogens is 200 g/mol. The van der Waals surface area contributed by atoms with Crippen molar-refractivity contribution in [3.63, 3.8) is 0 Å². The monoisotopic (exact) mass is 222 g/mol. The van der Waals surface area contributed by atoms with Gasteiger partial charge in [0.2, 0.25) is 0 Å². The summed E-state index contributed by atoms with van der Waals surface area (Å²) in [5, 5.41) is 3.63. The van der Waals surface area contributed by atoms with Gasteiger partial charge in [-0.2, -0.15) is 0 Å². The highest BCUT2D eigenvalue weighted by Crippen LogP contribution is 2.07. The normalized spacial score (nSPS) is 14.4. The molecule has 0 aromatic carbocycles. The second-order valence-corrected chi connectivity index (χ2v) is 3.86. The van der Waals surface area contributed by atoms with Crippen molar-refractivity contribution in [3.05, 3.63) is 23.4 Å². The molecule has 0 aromatic heterocycles. The van der Waals surface area contributed by atoms with E-state index in [9.17, 15) is 0 Å². The van der Waals surface area contributed by atoms with Crippen LogP contribution < -0.4 is 0 Å². The number of rotatable bonds is 6. The summed E-state index contributed by atoms with van der Waals surface area (Å²) in [6, 6.07) is 0. The Kier molecular flexibility index (Phi) is 8.12. The first-order valence-corrected chi connectivity index (χ1v) is 5.58. The van der Waals surface area contributed by atoms with Crippen LogP contribution in [0.1, 0.15) is 34.1 Å². The van der Waals surface area contributed by atoms with E-state index in [1.165, 1.54) is 7.11 Å². The van der Waals surface area contributed by atoms with Gasteiger partial charge in [0, 0.05) is 11.9 Å². The molecule has 0 aliphatic carbocycles. The van der Waals surface area contributed by atoms with Gasteiger partial charge in [0.25, 0.3) is 0 Å². The summed E-state index contributed by atoms with van der Waals surface area (Å²) >= 11 is 0. The Morgan fingerprint density at radius 2 is 2.06 bits per heavy atom. The molecule has 0 heterocycles. The molecule has 0 aliphatic heterocycles. The van der Waals surface area contributed by atoms with E-state index in [-0.39, 0.29) is 0 Å². The number of nitrogens with zero attached hydrogens (tertiary/aromatic N) is 2. The summed E-state index contributed by atoms with van der Waals surface area (Å²) in [4.78, 5) is 8.99. The first kappa shape index (κ1) is 14.6. The predicted molar refractivity (Wildman–Crippen MR) is 71.0 cm³/mol. The van der Waals surface area contributed by atoms with Gasteiger partial charge in [0.15, 0.2) is 0 Å². The summed E-state index contributed by atoms with van der Waals surface area (Å²) in [7, 11) is 1.52. The Balaban J connectivity index is 4.45. The second-order valence-electron chi connectivity index (χ2n) is 3.86. The van der Waals surface area contributed by atoms with Crippen LogP contribution in [0.15, 0.2) is 33.6 Å². The van der Waals surface area contributed by atoms with Gasteiger partial charge < -0.3 is 4.84 Å². The van der Waals surface area contributed by atoms with Crippen molar-refractivity contribution in [1.82, 2.24) is 0 Å². The Morgan fingerprint density at radius 1 is 1.38 bits per heavy atom. The fourth-order valence-electron chi connectivity index (χ4n) is 1.07. The molecular formula is C13H22N2O. The van der Waals surface area contributed by atoms with Crippen LogP contribution in [-0.2, 0) is 4.84 Å². The Bertz CT molecular complexity index is 299. The molecule has 0 amide bonds. The maximum atomic E-state index is 4.56. The Labute approximate surface area is 98.6 Å². The first-order valence-electron chi connectivity index (χ1n) is 5.58. The summed E-state index contributed by atoms with van der Waals surface area (Å²) < 4.78 is 0. The lowest BCUT2D eigenvalue weighted by atomic mass is 10.1. The minimum atomic E-state index is 0.534. The molecule has 0 spiro atoms. The molecule has 3 nitrogen and oxygen atoms in total. The van der Waals surface area contributed by atoms with E-state index in [2.05, 4.69) is 41.8 Å². The minimum absolute atomic E-state index is 0.534. The van der Waals surface area contributed by atoms with E-state index in [1.807, 2.05) is 19.2 Å². The summed E-state index contributed by atoms with van der Waals surface area (Å²) in [5.41, 5.74) is 2.16. The van der Waals surface area contributed by atoms with Crippen molar-refractivity contribution in [2.24, 2.45) is 16.1 Å². The van der Waals surface area contributed by atoms with Crippen LogP contribution in [0.4, 0.5) is 0 Å². The lowest BCUT2D eigenvalue weighted by molar-refractivity contribution is 0.215. The topological polar surface area (TPSA) is 34.0 Å². The molecule has 0 unspecified atom stereocenters. The van der Waals surface area contributed by atoms with Crippen LogP contribution in [0.2, 0.25) is 0 Å². The van der Waals surface area contributed by atoms with Crippen molar-refractivity contribution in [1.29, 1.82) is 0 Å². The maximum Gasteiger partial charge on any atom is 0.106 e. The first-order chi connectivity index (χ1) is 7.60. The van der Waals surface area contributed by atoms with Gasteiger partial charge in [-0.1, -0.05) is 32.0 Å². The van der Waals surface area contributed by atoms with Gasteiger partial charge in [0.1, 0.15) is 7.11 Å². The van der Waals surface area contributed by atoms with Crippen molar-refractivity contribution in [2.45, 2.75) is 34.1 Å². The molecule has 0 rings (SSSR count). The predicted octanol–water partition coefficient (Wildman–Crippen LogP) is 3.59. The van der Waals surface area contributed by atoms with Crippen molar-refractivity contribution in [2.75, 3.05) is 7.11 Å². The SMILES string of the molecule is CCC(=C/C(C)C)/N=C\C(C)=C\C=N\OC. The number of oxime groups is 1. The highest BCUT2D eigenvalue weighted by atomic mass is 16.6. The van der Waals surface area contributed by atoms with E-state index in [0.717, 1.165) is 17.7 Å². The van der Waals surface area contributed by atoms with Gasteiger partial charge in [-0.05, 0) is 30.9 Å². The zero-order chi connectivity index (χ0) is 12.4. The molecule has 0 fully saturated rings. The van der Waals surface area contributed by atoms with E-state index in [4.69, 9.17) is 0 Å². The highest BCUT2D eigenvalue weighted by Gasteiger charge is 1.92. The number of allylic oxidation sites excluding steroid dienone is 4. The third-order valence-electron chi connectivity index (χ3n) is 1.83. The molecule has 0 N–H and O–H groups in total. The van der Waals surface area contributed by atoms with Crippen LogP contribution in [0.3, 0.4) is 0 Å². The van der Waals surface area contributed by atoms with Crippen LogP contribution in [0.25, 0.3) is 0 Å². The van der Waals surface area contributed by atoms with Crippen LogP contribution in [0, 0.1) is 5.92 Å². The largest absolute Gasteiger partial charge is 0.399 e. The van der Waals surface area contributed by atoms with E-state index in [0.29, 0.717) is 5.92 Å². The molecule has 0 radical (unpaired) electrons. The number of hydrogen-bond donors (Lipinski definition) is 0. The molecule has 0 saturated heterocycles. The fraction of sp³-hybridized carbons (Fsp3) is 0.538. The third kappa shape index (κ3) is 7.97. The number of aliphatic imine (C=N–C) groups is 1. The average molecular weight is 222 g/mol. The lowest BCUT2D eigenvalue weighted by Gasteiger charge is -2.00. The van der Waals surface area contributed by atoms with Gasteiger partial charge in [-0.15, -0.1) is 0 Å². The maximum absolute atomic E-state index is 4.56. The zero-order valence-corrected chi connectivity index (χ0v) is 10.9. The highest BCUT2D eigenvalue weighted by molar-refractivity contribution is 5.86. The fourth-order valence-corrected chi connectivity index (χ4v) is 1.07. The van der Waals surface area contributed by atoms with E-state index in [1.54, 1.807) is 6.21 Å². The molecule has 3 heteroatoms. The lowest BCUT2D eigenvalue weighted by Crippen LogP contribution is -1.86. The molecule has 0 aromatic rings. The van der Waals surface area contributed by atoms with Gasteiger partial charge in [0.05, 0.1) is 6.21 Å². The summed E-state index contributed by atoms with van der Waals surface area (Å²) in [6.07, 6.45) is 8.44. The smallest absolute Gasteiger partial charge is 0.106 e. The minimum Gasteiger partial charge on any atom is -0.399 e. The van der Waals surface area contributed by atoms with Crippen LogP contribution >= 0.6 is 0 Å². The molecule has 16 heavy (non-hydrogen) atoms. The van der Waals surface area contributed by atoms with E-state index >= 15 is 0 Å². The van der Waals surface area contributed by atoms with Crippen LogP contribution in [-0.4, -0.2) is 19.5 Å². The van der Waals surface area contributed by atoms with Gasteiger partial charge >= 0.3 is 0 Å². The third-order valence-corrected chi connectivity index (χ3v) is 1.83. The average Bonchev–Trinajstić information content (AvgIpc) is 2.24. The van der Waals surface area contributed by atoms with Gasteiger partial charge in [-0.3, -0.25) is 4.99 Å². The second kappa shape index (κ2) is 8.89. The molecule has 0 bridgehead atoms. The molecule has 90 valence electrons. The number of hydrogen-bond acceptors (Lipinski definition) is 3. The molecule has 0 aliphatic rings. The van der Waals surface area contributed by atoms with Crippen molar-refractivity contribution in [3.8, 4) is 0 Å². The summed E-state index contributed by atoms with van der Waals surface area (Å²) in [6.45, 7) is 8.39. The summed E-state index contributed by atoms with van der Waals surface area (Å²) in [5.74, 6) is 0.534. The quantitative estimate of drug-likeness (QED) is 0.499. The molecule has 0 atom stereocenters. The zero-order valence-electron chi connectivity index (χ0n) is 10.9. The molecule has 0 saturated carbocycles. The van der Waals surface area contributed by atoms with Crippen LogP contribution in [0.5, 0.6) is 0 Å². The van der Waals surface area contributed by atoms with E-state index < -0.39 is 0 Å². The van der Waals surface area contributed by atoms with Crippen molar-refractivity contribution < 1.29 is 4.84 Å². The Hall–Kier alpha value is -1.38. The van der Waals surface area contributed by atoms with Gasteiger partial charge in [-0.25, -0.2) is 0 Å².